The van der Waals surface area contributed by atoms with E-state index in [0.29, 0.717) is 4.88 Å². The highest BCUT2D eigenvalue weighted by atomic mass is 79.9. The van der Waals surface area contributed by atoms with Crippen LogP contribution < -0.4 is 0 Å². The Hall–Kier alpha value is -0.650. The number of benzene rings is 1. The number of thiophene rings is 1. The number of hydrogen-bond donors (Lipinski definition) is 0. The summed E-state index contributed by atoms with van der Waals surface area (Å²) < 4.78 is 6.66. The Kier molecular flexibility index (Phi) is 4.01. The summed E-state index contributed by atoms with van der Waals surface area (Å²) in [6.45, 7) is 0. The lowest BCUT2D eigenvalue weighted by Crippen LogP contribution is -1.96. The van der Waals surface area contributed by atoms with Gasteiger partial charge in [0.1, 0.15) is 4.88 Å². The van der Waals surface area contributed by atoms with Crippen LogP contribution in [0.15, 0.2) is 27.7 Å². The van der Waals surface area contributed by atoms with E-state index in [1.165, 1.54) is 18.4 Å². The van der Waals surface area contributed by atoms with Crippen molar-refractivity contribution in [3.05, 3.63) is 38.1 Å². The number of fused-ring (bicyclic) bond motifs is 1. The molecule has 0 saturated heterocycles. The molecule has 1 aromatic heterocycles. The number of ether oxygens (including phenoxy) is 1. The summed E-state index contributed by atoms with van der Waals surface area (Å²) in [4.78, 5) is 12.1. The quantitative estimate of drug-likeness (QED) is 0.706. The maximum absolute atomic E-state index is 11.5. The summed E-state index contributed by atoms with van der Waals surface area (Å²) in [6.07, 6.45) is 1.95. The van der Waals surface area contributed by atoms with Crippen LogP contribution >= 0.6 is 43.2 Å². The average molecular weight is 376 g/mol. The lowest BCUT2D eigenvalue weighted by Gasteiger charge is -1.95. The van der Waals surface area contributed by atoms with E-state index in [0.717, 1.165) is 19.0 Å². The first-order valence-corrected chi connectivity index (χ1v) is 7.15. The summed E-state index contributed by atoms with van der Waals surface area (Å²) in [5, 5.41) is 1.05. The van der Waals surface area contributed by atoms with Gasteiger partial charge < -0.3 is 4.74 Å². The third-order valence-electron chi connectivity index (χ3n) is 2.25. The zero-order chi connectivity index (χ0) is 12.4. The van der Waals surface area contributed by atoms with Gasteiger partial charge >= 0.3 is 5.97 Å². The highest BCUT2D eigenvalue weighted by molar-refractivity contribution is 9.28. The van der Waals surface area contributed by atoms with Crippen LogP contribution in [0.5, 0.6) is 0 Å². The second-order valence-corrected chi connectivity index (χ2v) is 7.15. The van der Waals surface area contributed by atoms with Gasteiger partial charge in [-0.15, -0.1) is 11.3 Å². The topological polar surface area (TPSA) is 26.3 Å². The summed E-state index contributed by atoms with van der Waals surface area (Å²) in [6, 6.07) is 7.82. The molecule has 0 aliphatic carbocycles. The van der Waals surface area contributed by atoms with Gasteiger partial charge in [0, 0.05) is 10.1 Å². The van der Waals surface area contributed by atoms with Crippen molar-refractivity contribution in [3.63, 3.8) is 0 Å². The van der Waals surface area contributed by atoms with Gasteiger partial charge in [0.05, 0.1) is 10.5 Å². The van der Waals surface area contributed by atoms with Crippen LogP contribution in [0.2, 0.25) is 0 Å². The summed E-state index contributed by atoms with van der Waals surface area (Å²) in [7, 11) is 1.39. The number of hydrogen-bond acceptors (Lipinski definition) is 3. The second-order valence-electron chi connectivity index (χ2n) is 3.30. The number of esters is 1. The number of halogens is 2. The molecule has 2 nitrogen and oxygen atoms in total. The third-order valence-corrected chi connectivity index (χ3v) is 3.78. The van der Waals surface area contributed by atoms with Gasteiger partial charge in [0.2, 0.25) is 0 Å². The van der Waals surface area contributed by atoms with E-state index in [1.54, 1.807) is 0 Å². The SMILES string of the molecule is COC(=O)c1cc2c(C=C(Br)Br)cccc2s1. The van der Waals surface area contributed by atoms with Crippen molar-refractivity contribution >= 4 is 65.3 Å². The van der Waals surface area contributed by atoms with Crippen LogP contribution in [0.1, 0.15) is 15.2 Å². The lowest BCUT2D eigenvalue weighted by molar-refractivity contribution is 0.0606. The van der Waals surface area contributed by atoms with Gasteiger partial charge in [-0.05, 0) is 55.6 Å². The maximum atomic E-state index is 11.5. The minimum Gasteiger partial charge on any atom is -0.465 e. The van der Waals surface area contributed by atoms with Crippen molar-refractivity contribution < 1.29 is 9.53 Å². The van der Waals surface area contributed by atoms with Gasteiger partial charge in [-0.3, -0.25) is 0 Å². The van der Waals surface area contributed by atoms with E-state index in [1.807, 2.05) is 30.3 Å². The molecule has 0 fully saturated rings. The van der Waals surface area contributed by atoms with Gasteiger partial charge in [-0.1, -0.05) is 12.1 Å². The molecular weight excluding hydrogens is 368 g/mol. The molecule has 0 unspecified atom stereocenters. The summed E-state index contributed by atoms with van der Waals surface area (Å²) >= 11 is 8.11. The zero-order valence-corrected chi connectivity index (χ0v) is 12.9. The average Bonchev–Trinajstić information content (AvgIpc) is 2.72. The van der Waals surface area contributed by atoms with Gasteiger partial charge in [0.25, 0.3) is 0 Å². The Labute approximate surface area is 120 Å². The first kappa shape index (κ1) is 12.8. The van der Waals surface area contributed by atoms with E-state index in [4.69, 9.17) is 4.74 Å². The van der Waals surface area contributed by atoms with Crippen LogP contribution in [0.4, 0.5) is 0 Å². The molecule has 0 saturated carbocycles. The molecule has 88 valence electrons. The largest absolute Gasteiger partial charge is 0.465 e. The molecule has 1 aromatic carbocycles. The third kappa shape index (κ3) is 2.78. The van der Waals surface area contributed by atoms with Crippen molar-refractivity contribution in [2.24, 2.45) is 0 Å². The Balaban J connectivity index is 2.60. The molecule has 2 aromatic rings. The molecule has 0 amide bonds. The number of carbonyl (C=O) groups is 1. The molecule has 0 aliphatic rings. The van der Waals surface area contributed by atoms with Gasteiger partial charge in [-0.25, -0.2) is 4.79 Å². The number of carbonyl (C=O) groups excluding carboxylic acids is 1. The van der Waals surface area contributed by atoms with E-state index in [-0.39, 0.29) is 5.97 Å². The fraction of sp³-hybridized carbons (Fsp3) is 0.0833. The van der Waals surface area contributed by atoms with Crippen LogP contribution in [0.3, 0.4) is 0 Å². The highest BCUT2D eigenvalue weighted by Gasteiger charge is 2.11. The number of methoxy groups -OCH3 is 1. The molecule has 5 heteroatoms. The van der Waals surface area contributed by atoms with Crippen molar-refractivity contribution in [3.8, 4) is 0 Å². The smallest absolute Gasteiger partial charge is 0.348 e. The summed E-state index contributed by atoms with van der Waals surface area (Å²) in [5.74, 6) is -0.293. The predicted molar refractivity (Wildman–Crippen MR) is 79.0 cm³/mol. The first-order chi connectivity index (χ1) is 8.11. The lowest BCUT2D eigenvalue weighted by atomic mass is 10.1. The molecule has 0 spiro atoms. The maximum Gasteiger partial charge on any atom is 0.348 e. The molecule has 0 aliphatic heterocycles. The standard InChI is InChI=1S/C12H8Br2O2S/c1-16-12(15)10-6-8-7(5-11(13)14)3-2-4-9(8)17-10/h2-6H,1H3. The van der Waals surface area contributed by atoms with E-state index in [2.05, 4.69) is 31.9 Å². The summed E-state index contributed by atoms with van der Waals surface area (Å²) in [5.41, 5.74) is 1.05. The zero-order valence-electron chi connectivity index (χ0n) is 8.87. The monoisotopic (exact) mass is 374 g/mol. The first-order valence-electron chi connectivity index (χ1n) is 4.75. The van der Waals surface area contributed by atoms with E-state index < -0.39 is 0 Å². The van der Waals surface area contributed by atoms with Crippen LogP contribution in [-0.2, 0) is 4.74 Å². The van der Waals surface area contributed by atoms with Crippen LogP contribution in [0.25, 0.3) is 16.2 Å². The predicted octanol–water partition coefficient (Wildman–Crippen LogP) is 4.78. The van der Waals surface area contributed by atoms with Gasteiger partial charge in [-0.2, -0.15) is 0 Å². The fourth-order valence-electron chi connectivity index (χ4n) is 1.53. The molecule has 0 N–H and O–H groups in total. The van der Waals surface area contributed by atoms with Crippen LogP contribution in [0, 0.1) is 0 Å². The molecule has 0 atom stereocenters. The van der Waals surface area contributed by atoms with Crippen LogP contribution in [-0.4, -0.2) is 13.1 Å². The molecule has 0 radical (unpaired) electrons. The Morgan fingerprint density at radius 2 is 2.18 bits per heavy atom. The second kappa shape index (κ2) is 5.33. The molecule has 17 heavy (non-hydrogen) atoms. The van der Waals surface area contributed by atoms with Gasteiger partial charge in [0.15, 0.2) is 0 Å². The molecule has 2 rings (SSSR count). The van der Waals surface area contributed by atoms with E-state index in [9.17, 15) is 4.79 Å². The minimum absolute atomic E-state index is 0.293. The fourth-order valence-corrected chi connectivity index (χ4v) is 3.04. The molecule has 0 bridgehead atoms. The van der Waals surface area contributed by atoms with Crippen molar-refractivity contribution in [2.45, 2.75) is 0 Å². The Bertz CT molecular complexity index is 598. The Morgan fingerprint density at radius 3 is 2.82 bits per heavy atom. The van der Waals surface area contributed by atoms with Crippen molar-refractivity contribution in [1.29, 1.82) is 0 Å². The van der Waals surface area contributed by atoms with Crippen molar-refractivity contribution in [2.75, 3.05) is 7.11 Å². The highest BCUT2D eigenvalue weighted by Crippen LogP contribution is 2.31. The minimum atomic E-state index is -0.293. The Morgan fingerprint density at radius 1 is 1.41 bits per heavy atom. The van der Waals surface area contributed by atoms with Crippen molar-refractivity contribution in [1.82, 2.24) is 0 Å². The number of rotatable bonds is 2. The molecular formula is C12H8Br2O2S. The van der Waals surface area contributed by atoms with E-state index >= 15 is 0 Å². The normalized spacial score (nSPS) is 10.3. The molecule has 1 heterocycles.